The highest BCUT2D eigenvalue weighted by molar-refractivity contribution is 7.89. The van der Waals surface area contributed by atoms with Crippen LogP contribution in [0.25, 0.3) is 0 Å². The van der Waals surface area contributed by atoms with Crippen LogP contribution in [0, 0.1) is 0 Å². The first-order valence-electron chi connectivity index (χ1n) is 5.62. The minimum atomic E-state index is -3.20. The second-order valence-corrected chi connectivity index (χ2v) is 6.41. The molecule has 0 spiro atoms. The van der Waals surface area contributed by atoms with Crippen molar-refractivity contribution < 1.29 is 13.5 Å². The zero-order valence-electron chi connectivity index (χ0n) is 10.0. The molecule has 0 heterocycles. The van der Waals surface area contributed by atoms with Gasteiger partial charge < -0.3 is 5.11 Å². The van der Waals surface area contributed by atoms with Gasteiger partial charge in [-0.2, -0.15) is 4.31 Å². The molecule has 0 aliphatic carbocycles. The highest BCUT2D eigenvalue weighted by Gasteiger charge is 2.23. The Morgan fingerprint density at radius 2 is 1.88 bits per heavy atom. The number of aliphatic hydroxyl groups excluding tert-OH is 1. The van der Waals surface area contributed by atoms with E-state index in [1.165, 1.54) is 4.31 Å². The zero-order valence-corrected chi connectivity index (χ0v) is 11.6. The number of hydrogen-bond donors (Lipinski definition) is 1. The van der Waals surface area contributed by atoms with Crippen LogP contribution >= 0.6 is 11.6 Å². The number of hydrogen-bond acceptors (Lipinski definition) is 3. The van der Waals surface area contributed by atoms with Gasteiger partial charge in [0.1, 0.15) is 0 Å². The van der Waals surface area contributed by atoms with Crippen LogP contribution in [-0.4, -0.2) is 48.7 Å². The molecule has 4 nitrogen and oxygen atoms in total. The molecular weight excluding hydrogens is 250 g/mol. The molecule has 16 heavy (non-hydrogen) atoms. The molecule has 0 bridgehead atoms. The smallest absolute Gasteiger partial charge is 0.214 e. The monoisotopic (exact) mass is 271 g/mol. The van der Waals surface area contributed by atoms with Crippen molar-refractivity contribution in [3.63, 3.8) is 0 Å². The zero-order chi connectivity index (χ0) is 12.6. The van der Waals surface area contributed by atoms with Crippen LogP contribution in [0.3, 0.4) is 0 Å². The fourth-order valence-electron chi connectivity index (χ4n) is 1.44. The molecule has 0 aliphatic heterocycles. The van der Waals surface area contributed by atoms with E-state index < -0.39 is 10.0 Å². The highest BCUT2D eigenvalue weighted by Crippen LogP contribution is 2.10. The number of aliphatic hydroxyl groups is 1. The van der Waals surface area contributed by atoms with Gasteiger partial charge in [-0.05, 0) is 33.1 Å². The van der Waals surface area contributed by atoms with Gasteiger partial charge in [-0.1, -0.05) is 0 Å². The average Bonchev–Trinajstić information content (AvgIpc) is 2.17. The minimum Gasteiger partial charge on any atom is -0.396 e. The molecule has 0 rings (SSSR count). The summed E-state index contributed by atoms with van der Waals surface area (Å²) in [5.74, 6) is 0.636. The molecule has 0 unspecified atom stereocenters. The Bertz CT molecular complexity index is 267. The molecule has 0 aromatic carbocycles. The van der Waals surface area contributed by atoms with Gasteiger partial charge in [-0.25, -0.2) is 8.42 Å². The number of alkyl halides is 1. The van der Waals surface area contributed by atoms with Crippen molar-refractivity contribution in [1.29, 1.82) is 0 Å². The van der Waals surface area contributed by atoms with Crippen molar-refractivity contribution in [1.82, 2.24) is 4.31 Å². The lowest BCUT2D eigenvalue weighted by Crippen LogP contribution is -2.39. The molecule has 0 amide bonds. The van der Waals surface area contributed by atoms with E-state index in [-0.39, 0.29) is 18.4 Å². The van der Waals surface area contributed by atoms with Gasteiger partial charge in [0.25, 0.3) is 0 Å². The van der Waals surface area contributed by atoms with E-state index in [2.05, 4.69) is 0 Å². The lowest BCUT2D eigenvalue weighted by Gasteiger charge is -2.25. The van der Waals surface area contributed by atoms with E-state index in [0.29, 0.717) is 31.7 Å². The van der Waals surface area contributed by atoms with Crippen LogP contribution in [0.2, 0.25) is 0 Å². The van der Waals surface area contributed by atoms with Crippen LogP contribution in [0.15, 0.2) is 0 Å². The number of unbranched alkanes of at least 4 members (excludes halogenated alkanes) is 1. The number of halogens is 1. The van der Waals surface area contributed by atoms with E-state index in [1.807, 2.05) is 13.8 Å². The quantitative estimate of drug-likeness (QED) is 0.510. The van der Waals surface area contributed by atoms with Crippen molar-refractivity contribution in [2.75, 3.05) is 24.8 Å². The molecule has 0 radical (unpaired) electrons. The largest absolute Gasteiger partial charge is 0.396 e. The molecule has 0 aliphatic rings. The van der Waals surface area contributed by atoms with Gasteiger partial charge in [-0.3, -0.25) is 0 Å². The van der Waals surface area contributed by atoms with Crippen LogP contribution in [0.4, 0.5) is 0 Å². The molecule has 0 atom stereocenters. The third-order valence-electron chi connectivity index (χ3n) is 2.26. The van der Waals surface area contributed by atoms with Crippen molar-refractivity contribution in [2.45, 2.75) is 39.2 Å². The molecule has 0 aromatic heterocycles. The van der Waals surface area contributed by atoms with Crippen molar-refractivity contribution in [2.24, 2.45) is 0 Å². The second-order valence-electron chi connectivity index (χ2n) is 3.99. The summed E-state index contributed by atoms with van der Waals surface area (Å²) in [6, 6.07) is -0.0625. The summed E-state index contributed by atoms with van der Waals surface area (Å²) in [4.78, 5) is 0. The van der Waals surface area contributed by atoms with Crippen molar-refractivity contribution in [3.8, 4) is 0 Å². The predicted molar refractivity (Wildman–Crippen MR) is 67.3 cm³/mol. The van der Waals surface area contributed by atoms with Crippen LogP contribution in [-0.2, 0) is 10.0 Å². The number of rotatable bonds is 9. The Kier molecular flexibility index (Phi) is 8.36. The fraction of sp³-hybridized carbons (Fsp3) is 1.00. The van der Waals surface area contributed by atoms with Gasteiger partial charge in [0.15, 0.2) is 0 Å². The topological polar surface area (TPSA) is 57.6 Å². The normalized spacial score (nSPS) is 12.6. The molecule has 0 saturated heterocycles. The summed E-state index contributed by atoms with van der Waals surface area (Å²) in [5.41, 5.74) is 0. The molecule has 1 N–H and O–H groups in total. The minimum absolute atomic E-state index is 0.0143. The Hall–Kier alpha value is 0.160. The maximum Gasteiger partial charge on any atom is 0.214 e. The first-order chi connectivity index (χ1) is 7.45. The molecule has 6 heteroatoms. The van der Waals surface area contributed by atoms with Crippen LogP contribution in [0.1, 0.15) is 33.1 Å². The molecular formula is C10H22ClNO3S. The van der Waals surface area contributed by atoms with Crippen LogP contribution < -0.4 is 0 Å². The fourth-order valence-corrected chi connectivity index (χ4v) is 3.48. The SMILES string of the molecule is CC(C)N(CCCO)S(=O)(=O)CCCCCl. The highest BCUT2D eigenvalue weighted by atomic mass is 35.5. The number of nitrogens with zero attached hydrogens (tertiary/aromatic N) is 1. The molecule has 0 fully saturated rings. The summed E-state index contributed by atoms with van der Waals surface area (Å²) >= 11 is 5.51. The Balaban J connectivity index is 4.38. The van der Waals surface area contributed by atoms with Gasteiger partial charge >= 0.3 is 0 Å². The maximum absolute atomic E-state index is 12.0. The van der Waals surface area contributed by atoms with Crippen molar-refractivity contribution >= 4 is 21.6 Å². The third kappa shape index (κ3) is 6.03. The summed E-state index contributed by atoms with van der Waals surface area (Å²) in [6.07, 6.45) is 1.79. The van der Waals surface area contributed by atoms with E-state index >= 15 is 0 Å². The van der Waals surface area contributed by atoms with E-state index in [0.717, 1.165) is 0 Å². The van der Waals surface area contributed by atoms with E-state index in [1.54, 1.807) is 0 Å². The van der Waals surface area contributed by atoms with Crippen LogP contribution in [0.5, 0.6) is 0 Å². The maximum atomic E-state index is 12.0. The Labute approximate surface area is 104 Å². The van der Waals surface area contributed by atoms with Gasteiger partial charge in [0.2, 0.25) is 10.0 Å². The first kappa shape index (κ1) is 16.2. The predicted octanol–water partition coefficient (Wildman–Crippen LogP) is 1.43. The third-order valence-corrected chi connectivity index (χ3v) is 4.65. The molecule has 98 valence electrons. The Morgan fingerprint density at radius 1 is 1.25 bits per heavy atom. The Morgan fingerprint density at radius 3 is 2.31 bits per heavy atom. The lowest BCUT2D eigenvalue weighted by molar-refractivity contribution is 0.258. The standard InChI is InChI=1S/C10H22ClNO3S/c1-10(2)12(7-5-8-13)16(14,15)9-4-3-6-11/h10,13H,3-9H2,1-2H3. The van der Waals surface area contributed by atoms with E-state index in [4.69, 9.17) is 16.7 Å². The second kappa shape index (κ2) is 8.28. The summed E-state index contributed by atoms with van der Waals surface area (Å²) in [5, 5.41) is 8.74. The number of sulfonamides is 1. The lowest BCUT2D eigenvalue weighted by atomic mass is 10.3. The van der Waals surface area contributed by atoms with Gasteiger partial charge in [0, 0.05) is 25.1 Å². The summed E-state index contributed by atoms with van der Waals surface area (Å²) < 4.78 is 25.4. The average molecular weight is 272 g/mol. The van der Waals surface area contributed by atoms with Gasteiger partial charge in [0.05, 0.1) is 5.75 Å². The van der Waals surface area contributed by atoms with E-state index in [9.17, 15) is 8.42 Å². The van der Waals surface area contributed by atoms with Gasteiger partial charge in [-0.15, -0.1) is 11.6 Å². The molecule has 0 aromatic rings. The summed E-state index contributed by atoms with van der Waals surface area (Å²) in [7, 11) is -3.20. The first-order valence-corrected chi connectivity index (χ1v) is 7.76. The summed E-state index contributed by atoms with van der Waals surface area (Å²) in [6.45, 7) is 4.09. The van der Waals surface area contributed by atoms with Crippen molar-refractivity contribution in [3.05, 3.63) is 0 Å². The molecule has 0 saturated carbocycles.